The number of aliphatic hydroxyl groups excluding tert-OH is 1. The van der Waals surface area contributed by atoms with Gasteiger partial charge in [0.15, 0.2) is 0 Å². The lowest BCUT2D eigenvalue weighted by molar-refractivity contribution is 0.292. The number of nitrogens with two attached hydrogens (primary N) is 2. The van der Waals surface area contributed by atoms with E-state index in [2.05, 4.69) is 24.1 Å². The molecule has 24 heavy (non-hydrogen) atoms. The second-order valence-corrected chi connectivity index (χ2v) is 5.79. The molecule has 0 aliphatic carbocycles. The normalized spacial score (nSPS) is 13.5. The number of hydrogen-bond acceptors (Lipinski definition) is 6. The molecule has 1 heterocycles. The molecule has 0 saturated carbocycles. The number of nitrogens with zero attached hydrogens (tertiary/aromatic N) is 2. The molecule has 2 aromatic rings. The Balaban J connectivity index is 0.000000177. The number of likely N-dealkylation sites (N-methyl/N-ethyl adjacent to an activating group) is 1. The van der Waals surface area contributed by atoms with Crippen LogP contribution in [0.4, 0.5) is 11.4 Å². The summed E-state index contributed by atoms with van der Waals surface area (Å²) in [6, 6.07) is 13.5. The van der Waals surface area contributed by atoms with E-state index < -0.39 is 0 Å². The summed E-state index contributed by atoms with van der Waals surface area (Å²) in [4.78, 5) is 2.34. The van der Waals surface area contributed by atoms with Gasteiger partial charge in [0.2, 0.25) is 0 Å². The van der Waals surface area contributed by atoms with Crippen molar-refractivity contribution in [2.75, 3.05) is 38.2 Å². The van der Waals surface area contributed by atoms with E-state index in [4.69, 9.17) is 21.4 Å². The Bertz CT molecular complexity index is 663. The van der Waals surface area contributed by atoms with Gasteiger partial charge in [0.1, 0.15) is 12.5 Å². The summed E-state index contributed by atoms with van der Waals surface area (Å²) < 4.78 is 5.20. The first-order valence-electron chi connectivity index (χ1n) is 7.87. The zero-order valence-electron chi connectivity index (χ0n) is 14.3. The van der Waals surface area contributed by atoms with Gasteiger partial charge in [-0.25, -0.2) is 5.84 Å². The molecule has 130 valence electrons. The lowest BCUT2D eigenvalue weighted by Crippen LogP contribution is -2.32. The molecule has 6 heteroatoms. The Kier molecular flexibility index (Phi) is 6.43. The predicted octanol–water partition coefficient (Wildman–Crippen LogP) is 1.58. The predicted molar refractivity (Wildman–Crippen MR) is 97.6 cm³/mol. The van der Waals surface area contributed by atoms with Gasteiger partial charge >= 0.3 is 0 Å². The third-order valence-corrected chi connectivity index (χ3v) is 4.02. The molecule has 0 amide bonds. The van der Waals surface area contributed by atoms with Crippen LogP contribution in [-0.2, 0) is 13.0 Å². The highest BCUT2D eigenvalue weighted by atomic mass is 16.5. The van der Waals surface area contributed by atoms with Crippen molar-refractivity contribution < 1.29 is 9.84 Å². The van der Waals surface area contributed by atoms with Crippen LogP contribution in [0.2, 0.25) is 0 Å². The van der Waals surface area contributed by atoms with Crippen LogP contribution in [0.5, 0.6) is 5.75 Å². The first-order valence-corrected chi connectivity index (χ1v) is 7.87. The summed E-state index contributed by atoms with van der Waals surface area (Å²) in [5.74, 6) is 6.37. The van der Waals surface area contributed by atoms with E-state index in [0.29, 0.717) is 11.4 Å². The van der Waals surface area contributed by atoms with Crippen LogP contribution in [-0.4, -0.2) is 37.4 Å². The molecular weight excluding hydrogens is 304 g/mol. The Hall–Kier alpha value is -2.28. The fraction of sp³-hybridized carbons (Fsp3) is 0.333. The Morgan fingerprint density at radius 2 is 1.96 bits per heavy atom. The molecule has 3 rings (SSSR count). The van der Waals surface area contributed by atoms with Crippen LogP contribution >= 0.6 is 0 Å². The standard InChI is InChI=1S/C11H15NO.C7H11N3O/c1-12-6-5-9-3-4-11(13-2)7-10(9)8-12;8-6-3-1-2-4-7(6)10(9)5-11/h3-4,7H,5-6,8H2,1-2H3;1-4,11H,5,8-9H2. The van der Waals surface area contributed by atoms with Crippen LogP contribution in [0.15, 0.2) is 42.5 Å². The number of aliphatic hydroxyl groups is 1. The number of hydrazine groups is 1. The Morgan fingerprint density at radius 1 is 1.21 bits per heavy atom. The highest BCUT2D eigenvalue weighted by molar-refractivity contribution is 5.66. The number of anilines is 2. The third-order valence-electron chi connectivity index (χ3n) is 4.02. The maximum Gasteiger partial charge on any atom is 0.130 e. The highest BCUT2D eigenvalue weighted by Crippen LogP contribution is 2.22. The number of benzene rings is 2. The van der Waals surface area contributed by atoms with Crippen LogP contribution in [0.25, 0.3) is 0 Å². The second kappa shape index (κ2) is 8.54. The van der Waals surface area contributed by atoms with Gasteiger partial charge in [0, 0.05) is 13.1 Å². The van der Waals surface area contributed by atoms with Gasteiger partial charge in [0.25, 0.3) is 0 Å². The molecular formula is C18H26N4O2. The van der Waals surface area contributed by atoms with Gasteiger partial charge in [-0.2, -0.15) is 0 Å². The quantitative estimate of drug-likeness (QED) is 0.343. The molecule has 1 aliphatic rings. The molecule has 1 aliphatic heterocycles. The lowest BCUT2D eigenvalue weighted by atomic mass is 10.00. The van der Waals surface area contributed by atoms with Crippen LogP contribution < -0.4 is 21.3 Å². The van der Waals surface area contributed by atoms with E-state index >= 15 is 0 Å². The van der Waals surface area contributed by atoms with Crippen molar-refractivity contribution >= 4 is 11.4 Å². The number of para-hydroxylation sites is 2. The van der Waals surface area contributed by atoms with Crippen molar-refractivity contribution in [1.82, 2.24) is 4.90 Å². The zero-order chi connectivity index (χ0) is 17.5. The van der Waals surface area contributed by atoms with Gasteiger partial charge in [-0.1, -0.05) is 18.2 Å². The van der Waals surface area contributed by atoms with Gasteiger partial charge in [-0.15, -0.1) is 0 Å². The number of methoxy groups -OCH3 is 1. The first kappa shape index (κ1) is 18.1. The van der Waals surface area contributed by atoms with Crippen molar-refractivity contribution in [1.29, 1.82) is 0 Å². The molecule has 0 fully saturated rings. The average molecular weight is 330 g/mol. The maximum atomic E-state index is 8.66. The molecule has 0 spiro atoms. The molecule has 0 atom stereocenters. The van der Waals surface area contributed by atoms with Gasteiger partial charge in [0.05, 0.1) is 18.5 Å². The minimum Gasteiger partial charge on any atom is -0.497 e. The fourth-order valence-electron chi connectivity index (χ4n) is 2.63. The Morgan fingerprint density at radius 3 is 2.62 bits per heavy atom. The maximum absolute atomic E-state index is 8.66. The minimum atomic E-state index is -0.242. The van der Waals surface area contributed by atoms with Crippen molar-refractivity contribution in [3.05, 3.63) is 53.6 Å². The number of ether oxygens (including phenoxy) is 1. The van der Waals surface area contributed by atoms with Gasteiger partial charge < -0.3 is 20.5 Å². The van der Waals surface area contributed by atoms with Crippen LogP contribution in [0.1, 0.15) is 11.1 Å². The number of hydrogen-bond donors (Lipinski definition) is 3. The summed E-state index contributed by atoms with van der Waals surface area (Å²) in [5.41, 5.74) is 9.64. The Labute approximate surface area is 143 Å². The summed E-state index contributed by atoms with van der Waals surface area (Å²) in [6.45, 7) is 1.97. The summed E-state index contributed by atoms with van der Waals surface area (Å²) >= 11 is 0. The molecule has 2 aromatic carbocycles. The number of nitrogen functional groups attached to an aromatic ring is 1. The molecule has 5 N–H and O–H groups in total. The SMILES string of the molecule is COc1ccc2c(c1)CN(C)CC2.Nc1ccccc1N(N)CO. The topological polar surface area (TPSA) is 88.0 Å². The number of rotatable bonds is 3. The fourth-order valence-corrected chi connectivity index (χ4v) is 2.63. The van der Waals surface area contributed by atoms with Crippen LogP contribution in [0.3, 0.4) is 0 Å². The summed E-state index contributed by atoms with van der Waals surface area (Å²) in [6.07, 6.45) is 1.16. The monoisotopic (exact) mass is 330 g/mol. The third kappa shape index (κ3) is 4.61. The van der Waals surface area contributed by atoms with Crippen LogP contribution in [0, 0.1) is 0 Å². The minimum absolute atomic E-state index is 0.242. The molecule has 0 radical (unpaired) electrons. The average Bonchev–Trinajstić information content (AvgIpc) is 2.61. The first-order chi connectivity index (χ1) is 11.5. The largest absolute Gasteiger partial charge is 0.497 e. The summed E-state index contributed by atoms with van der Waals surface area (Å²) in [5, 5.41) is 9.83. The van der Waals surface area contributed by atoms with Crippen molar-refractivity contribution in [3.63, 3.8) is 0 Å². The van der Waals surface area contributed by atoms with Gasteiger partial charge in [-0.05, 0) is 48.9 Å². The molecule has 0 unspecified atom stereocenters. The van der Waals surface area contributed by atoms with Crippen molar-refractivity contribution in [2.24, 2.45) is 5.84 Å². The van der Waals surface area contributed by atoms with Gasteiger partial charge in [-0.3, -0.25) is 5.01 Å². The van der Waals surface area contributed by atoms with E-state index in [1.54, 1.807) is 25.3 Å². The summed E-state index contributed by atoms with van der Waals surface area (Å²) in [7, 11) is 3.87. The number of fused-ring (bicyclic) bond motifs is 1. The molecule has 6 nitrogen and oxygen atoms in total. The second-order valence-electron chi connectivity index (χ2n) is 5.79. The molecule has 0 bridgehead atoms. The smallest absolute Gasteiger partial charge is 0.130 e. The van der Waals surface area contributed by atoms with E-state index in [-0.39, 0.29) is 6.73 Å². The zero-order valence-corrected chi connectivity index (χ0v) is 14.3. The van der Waals surface area contributed by atoms with E-state index in [1.807, 2.05) is 12.1 Å². The molecule has 0 aromatic heterocycles. The molecule has 0 saturated heterocycles. The lowest BCUT2D eigenvalue weighted by Gasteiger charge is -2.25. The van der Waals surface area contributed by atoms with E-state index in [0.717, 1.165) is 18.7 Å². The van der Waals surface area contributed by atoms with Crippen molar-refractivity contribution in [3.8, 4) is 5.75 Å². The van der Waals surface area contributed by atoms with Crippen molar-refractivity contribution in [2.45, 2.75) is 13.0 Å². The van der Waals surface area contributed by atoms with E-state index in [1.165, 1.54) is 22.7 Å². The van der Waals surface area contributed by atoms with E-state index in [9.17, 15) is 0 Å². The highest BCUT2D eigenvalue weighted by Gasteiger charge is 2.12.